The second kappa shape index (κ2) is 14.9. The number of rotatable bonds is 6. The maximum absolute atomic E-state index is 12.8. The van der Waals surface area contributed by atoms with Gasteiger partial charge in [0.05, 0.1) is 11.8 Å². The normalized spacial score (nSPS) is 22.6. The summed E-state index contributed by atoms with van der Waals surface area (Å²) >= 11 is 0. The van der Waals surface area contributed by atoms with Crippen molar-refractivity contribution in [3.8, 4) is 69.0 Å². The monoisotopic (exact) mass is 906 g/mol. The van der Waals surface area contributed by atoms with Crippen LogP contribution in [0.1, 0.15) is 114 Å². The first-order valence-electron chi connectivity index (χ1n) is 22.2. The molecule has 12 nitrogen and oxygen atoms in total. The van der Waals surface area contributed by atoms with Crippen LogP contribution in [0.15, 0.2) is 146 Å². The molecule has 0 saturated carbocycles. The Labute approximate surface area is 388 Å². The second-order valence-electron chi connectivity index (χ2n) is 18.2. The van der Waals surface area contributed by atoms with Gasteiger partial charge in [0.1, 0.15) is 81.2 Å². The van der Waals surface area contributed by atoms with Crippen LogP contribution >= 0.6 is 0 Å². The number of phenols is 10. The molecule has 338 valence electrons. The number of benzene rings is 8. The summed E-state index contributed by atoms with van der Waals surface area (Å²) < 4.78 is 13.7. The minimum absolute atomic E-state index is 0.0105. The minimum Gasteiger partial charge on any atom is -0.508 e. The fourth-order valence-electron chi connectivity index (χ4n) is 12.0. The van der Waals surface area contributed by atoms with Crippen LogP contribution in [0.2, 0.25) is 0 Å². The Kier molecular flexibility index (Phi) is 8.97. The van der Waals surface area contributed by atoms with Crippen LogP contribution in [0.4, 0.5) is 0 Å². The molecule has 0 radical (unpaired) electrons. The van der Waals surface area contributed by atoms with E-state index >= 15 is 0 Å². The average Bonchev–Trinajstić information content (AvgIpc) is 3.96. The van der Waals surface area contributed by atoms with Crippen molar-refractivity contribution in [2.45, 2.75) is 47.7 Å². The summed E-state index contributed by atoms with van der Waals surface area (Å²) in [6.07, 6.45) is -1.59. The lowest BCUT2D eigenvalue weighted by Gasteiger charge is -2.35. The highest BCUT2D eigenvalue weighted by Crippen LogP contribution is 2.72. The molecule has 4 aliphatic rings. The molecule has 0 spiro atoms. The molecule has 0 aromatic heterocycles. The van der Waals surface area contributed by atoms with Crippen molar-refractivity contribution in [1.29, 1.82) is 0 Å². The van der Waals surface area contributed by atoms with Gasteiger partial charge < -0.3 is 60.5 Å². The van der Waals surface area contributed by atoms with Crippen molar-refractivity contribution in [3.63, 3.8) is 0 Å². The van der Waals surface area contributed by atoms with Crippen molar-refractivity contribution in [2.24, 2.45) is 0 Å². The largest absolute Gasteiger partial charge is 0.508 e. The van der Waals surface area contributed by atoms with E-state index in [1.807, 2.05) is 12.1 Å². The summed E-state index contributed by atoms with van der Waals surface area (Å²) in [5.41, 5.74) is 7.26. The molecule has 0 saturated heterocycles. The molecule has 0 fully saturated rings. The number of phenolic OH excluding ortho intramolecular Hbond substituents is 10. The summed E-state index contributed by atoms with van der Waals surface area (Å²) in [5.74, 6) is -4.72. The molecule has 8 aromatic rings. The SMILES string of the molecule is Oc1ccc([C@@H]2c3c(O)cc(O)cc3[C@@H]3c4c(cc(O)c5c4[C@@H]2[C@@H](c2ccc(O)cc2)[C@H]5c2cc(O)cc4c2[C@@H](c2cc(O)cc(O)c2)[C@H](c2ccc(O)cc2)O4)O[C@H]3c2ccc(O)cc2)cc1. The Morgan fingerprint density at radius 1 is 0.265 bits per heavy atom. The second-order valence-corrected chi connectivity index (χ2v) is 18.2. The van der Waals surface area contributed by atoms with Crippen molar-refractivity contribution < 1.29 is 60.5 Å². The van der Waals surface area contributed by atoms with E-state index in [4.69, 9.17) is 9.47 Å². The fourth-order valence-corrected chi connectivity index (χ4v) is 12.0. The van der Waals surface area contributed by atoms with Gasteiger partial charge in [0.25, 0.3) is 0 Å². The van der Waals surface area contributed by atoms with Gasteiger partial charge in [0.2, 0.25) is 0 Å². The first kappa shape index (κ1) is 40.8. The molecule has 0 unspecified atom stereocenters. The third-order valence-corrected chi connectivity index (χ3v) is 14.4. The van der Waals surface area contributed by atoms with Crippen molar-refractivity contribution in [1.82, 2.24) is 0 Å². The summed E-state index contributed by atoms with van der Waals surface area (Å²) in [6.45, 7) is 0. The smallest absolute Gasteiger partial charge is 0.135 e. The zero-order chi connectivity index (χ0) is 46.9. The number of hydrogen-bond donors (Lipinski definition) is 10. The van der Waals surface area contributed by atoms with E-state index in [2.05, 4.69) is 0 Å². The van der Waals surface area contributed by atoms with Crippen LogP contribution in [0.3, 0.4) is 0 Å². The predicted molar refractivity (Wildman–Crippen MR) is 248 cm³/mol. The molecular formula is C56H42O12. The molecule has 0 amide bonds. The Morgan fingerprint density at radius 2 is 0.706 bits per heavy atom. The van der Waals surface area contributed by atoms with Crippen molar-refractivity contribution in [2.75, 3.05) is 0 Å². The van der Waals surface area contributed by atoms with Crippen LogP contribution in [0.25, 0.3) is 0 Å². The quantitative estimate of drug-likeness (QED) is 0.0753. The van der Waals surface area contributed by atoms with Gasteiger partial charge in [-0.2, -0.15) is 0 Å². The van der Waals surface area contributed by atoms with Crippen LogP contribution in [0.5, 0.6) is 69.0 Å². The molecule has 8 aromatic carbocycles. The van der Waals surface area contributed by atoms with E-state index in [1.165, 1.54) is 30.3 Å². The van der Waals surface area contributed by atoms with Gasteiger partial charge in [-0.1, -0.05) is 48.5 Å². The lowest BCUT2D eigenvalue weighted by molar-refractivity contribution is 0.221. The average molecular weight is 907 g/mol. The Bertz CT molecular complexity index is 3310. The van der Waals surface area contributed by atoms with Gasteiger partial charge >= 0.3 is 0 Å². The van der Waals surface area contributed by atoms with Crippen LogP contribution in [-0.2, 0) is 0 Å². The molecule has 12 rings (SSSR count). The van der Waals surface area contributed by atoms with Gasteiger partial charge in [-0.3, -0.25) is 0 Å². The number of fused-ring (bicyclic) bond motifs is 3. The van der Waals surface area contributed by atoms with E-state index in [1.54, 1.807) is 103 Å². The summed E-state index contributed by atoms with van der Waals surface area (Å²) in [7, 11) is 0. The summed E-state index contributed by atoms with van der Waals surface area (Å²) in [5, 5.41) is 112. The highest BCUT2D eigenvalue weighted by atomic mass is 16.5. The topological polar surface area (TPSA) is 221 Å². The van der Waals surface area contributed by atoms with E-state index in [0.717, 1.165) is 5.56 Å². The maximum atomic E-state index is 12.8. The van der Waals surface area contributed by atoms with Gasteiger partial charge in [-0.05, 0) is 117 Å². The summed E-state index contributed by atoms with van der Waals surface area (Å²) in [6, 6.07) is 38.6. The lowest BCUT2D eigenvalue weighted by atomic mass is 9.68. The van der Waals surface area contributed by atoms with E-state index in [-0.39, 0.29) is 57.5 Å². The summed E-state index contributed by atoms with van der Waals surface area (Å²) in [4.78, 5) is 0. The van der Waals surface area contributed by atoms with E-state index < -0.39 is 47.7 Å². The first-order valence-corrected chi connectivity index (χ1v) is 22.2. The van der Waals surface area contributed by atoms with Crippen LogP contribution < -0.4 is 9.47 Å². The van der Waals surface area contributed by atoms with Crippen molar-refractivity contribution in [3.05, 3.63) is 212 Å². The van der Waals surface area contributed by atoms with Crippen LogP contribution in [-0.4, -0.2) is 51.1 Å². The van der Waals surface area contributed by atoms with Crippen LogP contribution in [0, 0.1) is 0 Å². The predicted octanol–water partition coefficient (Wildman–Crippen LogP) is 10.4. The molecule has 12 heteroatoms. The Balaban J connectivity index is 1.20. The molecule has 2 heterocycles. The zero-order valence-electron chi connectivity index (χ0n) is 35.8. The minimum atomic E-state index is -0.838. The number of ether oxygens (including phenoxy) is 2. The van der Waals surface area contributed by atoms with Gasteiger partial charge in [0, 0.05) is 70.2 Å². The van der Waals surface area contributed by atoms with E-state index in [9.17, 15) is 51.1 Å². The number of aromatic hydroxyl groups is 10. The highest BCUT2D eigenvalue weighted by Gasteiger charge is 2.57. The number of hydrogen-bond acceptors (Lipinski definition) is 12. The molecule has 2 aliphatic heterocycles. The van der Waals surface area contributed by atoms with E-state index in [0.29, 0.717) is 72.7 Å². The third kappa shape index (κ3) is 6.20. The highest BCUT2D eigenvalue weighted by molar-refractivity contribution is 5.74. The molecule has 10 N–H and O–H groups in total. The fraction of sp³-hybridized carbons (Fsp3) is 0.143. The lowest BCUT2D eigenvalue weighted by Crippen LogP contribution is -2.21. The third-order valence-electron chi connectivity index (χ3n) is 14.4. The molecule has 68 heavy (non-hydrogen) atoms. The molecular weight excluding hydrogens is 865 g/mol. The standard InChI is InChI=1S/C56H42O12/c57-30-9-1-25(2-10-30)44-47-38(20-36(63)22-40(47)65)50-52-43(68-56(50)28-7-15-33(60)16-8-28)24-41(66)51-49(45(53(44)54(51)52)26-3-11-31(58)12-4-26)39-21-37(64)23-42-48(39)46(29-17-34(61)19-35(62)18-29)55(67-42)27-5-13-32(59)14-6-27/h1-24,44-46,49-50,53,55-66H/t44-,45+,46-,49-,50-,53+,55+,56+/m1/s1. The maximum Gasteiger partial charge on any atom is 0.135 e. The molecule has 8 atom stereocenters. The van der Waals surface area contributed by atoms with Crippen molar-refractivity contribution >= 4 is 0 Å². The van der Waals surface area contributed by atoms with Gasteiger partial charge in [-0.15, -0.1) is 0 Å². The Hall–Kier alpha value is -8.64. The zero-order valence-corrected chi connectivity index (χ0v) is 35.8. The molecule has 0 bridgehead atoms. The van der Waals surface area contributed by atoms with Gasteiger partial charge in [-0.25, -0.2) is 0 Å². The Morgan fingerprint density at radius 3 is 1.26 bits per heavy atom. The molecule has 2 aliphatic carbocycles. The van der Waals surface area contributed by atoms with Gasteiger partial charge in [0.15, 0.2) is 0 Å². The first-order chi connectivity index (χ1) is 32.8.